The van der Waals surface area contributed by atoms with E-state index in [0.29, 0.717) is 0 Å². The zero-order valence-electron chi connectivity index (χ0n) is 11.4. The van der Waals surface area contributed by atoms with Gasteiger partial charge < -0.3 is 10.1 Å². The van der Waals surface area contributed by atoms with Crippen molar-refractivity contribution in [3.63, 3.8) is 0 Å². The van der Waals surface area contributed by atoms with Gasteiger partial charge >= 0.3 is 6.09 Å². The van der Waals surface area contributed by atoms with Crippen molar-refractivity contribution in [3.8, 4) is 12.3 Å². The molecule has 0 fully saturated rings. The van der Waals surface area contributed by atoms with E-state index in [9.17, 15) is 9.59 Å². The Morgan fingerprint density at radius 1 is 1.33 bits per heavy atom. The maximum absolute atomic E-state index is 12.1. The number of benzene rings is 1. The first-order chi connectivity index (χ1) is 10.1. The van der Waals surface area contributed by atoms with E-state index in [0.717, 1.165) is 10.5 Å². The summed E-state index contributed by atoms with van der Waals surface area (Å²) in [6.45, 7) is -0.411. The van der Waals surface area contributed by atoms with Crippen LogP contribution < -0.4 is 5.32 Å². The number of carbonyl (C=O) groups excluding carboxylic acids is 2. The highest BCUT2D eigenvalue weighted by Gasteiger charge is 2.25. The highest BCUT2D eigenvalue weighted by Crippen LogP contribution is 2.05. The third kappa shape index (κ3) is 5.21. The molecule has 1 aromatic carbocycles. The number of hydrogen-bond acceptors (Lipinski definition) is 5. The van der Waals surface area contributed by atoms with Crippen LogP contribution in [-0.4, -0.2) is 36.6 Å². The molecule has 2 amide bonds. The summed E-state index contributed by atoms with van der Waals surface area (Å²) < 4.78 is 4.56. The van der Waals surface area contributed by atoms with Crippen LogP contribution in [0.2, 0.25) is 0 Å². The van der Waals surface area contributed by atoms with Crippen molar-refractivity contribution < 1.29 is 14.3 Å². The van der Waals surface area contributed by atoms with Gasteiger partial charge in [0.05, 0.1) is 0 Å². The molecule has 7 nitrogen and oxygen atoms in total. The third-order valence-electron chi connectivity index (χ3n) is 2.62. The smallest absolute Gasteiger partial charge is 0.408 e. The van der Waals surface area contributed by atoms with E-state index in [1.165, 1.54) is 7.05 Å². The zero-order chi connectivity index (χ0) is 15.7. The van der Waals surface area contributed by atoms with Gasteiger partial charge in [0, 0.05) is 13.5 Å². The third-order valence-corrected chi connectivity index (χ3v) is 2.62. The number of nitriles is 2. The van der Waals surface area contributed by atoms with E-state index in [1.54, 1.807) is 36.5 Å². The highest BCUT2D eigenvalue weighted by atomic mass is 16.5. The summed E-state index contributed by atoms with van der Waals surface area (Å²) in [6, 6.07) is 9.75. The van der Waals surface area contributed by atoms with Crippen molar-refractivity contribution >= 4 is 12.0 Å². The molecule has 108 valence electrons. The van der Waals surface area contributed by atoms with Gasteiger partial charge in [-0.05, 0) is 5.56 Å². The Labute approximate surface area is 122 Å². The first-order valence-electron chi connectivity index (χ1n) is 6.10. The number of ether oxygens (including phenoxy) is 1. The maximum atomic E-state index is 12.1. The molecular formula is C14H14N4O3. The van der Waals surface area contributed by atoms with Gasteiger partial charge in [-0.15, -0.1) is 0 Å². The predicted molar refractivity (Wildman–Crippen MR) is 72.4 cm³/mol. The van der Waals surface area contributed by atoms with Crippen LogP contribution >= 0.6 is 0 Å². The van der Waals surface area contributed by atoms with Crippen LogP contribution in [0.5, 0.6) is 0 Å². The molecule has 0 aromatic heterocycles. The second kappa shape index (κ2) is 8.18. The van der Waals surface area contributed by atoms with Crippen LogP contribution in [0.3, 0.4) is 0 Å². The first kappa shape index (κ1) is 16.0. The van der Waals surface area contributed by atoms with Crippen LogP contribution in [0.4, 0.5) is 4.79 Å². The van der Waals surface area contributed by atoms with E-state index in [4.69, 9.17) is 10.5 Å². The minimum Gasteiger partial charge on any atom is -0.434 e. The van der Waals surface area contributed by atoms with E-state index in [1.807, 2.05) is 6.07 Å². The molecule has 1 rings (SSSR count). The number of carbonyl (C=O) groups is 2. The lowest BCUT2D eigenvalue weighted by Crippen LogP contribution is -2.47. The standard InChI is InChI=1S/C14H14N4O3/c1-18(10-16)13(19)12(17-14(20)21-8-7-15)9-11-5-3-2-4-6-11/h2-6,12H,8-9H2,1H3,(H,17,20). The number of nitrogens with one attached hydrogen (secondary N) is 1. The number of nitrogens with zero attached hydrogens (tertiary/aromatic N) is 3. The van der Waals surface area contributed by atoms with Gasteiger partial charge in [0.1, 0.15) is 12.1 Å². The van der Waals surface area contributed by atoms with Gasteiger partial charge in [-0.25, -0.2) is 4.79 Å². The average molecular weight is 286 g/mol. The molecule has 0 radical (unpaired) electrons. The molecule has 0 saturated heterocycles. The quantitative estimate of drug-likeness (QED) is 0.636. The van der Waals surface area contributed by atoms with Crippen molar-refractivity contribution in [1.29, 1.82) is 10.5 Å². The zero-order valence-corrected chi connectivity index (χ0v) is 11.4. The monoisotopic (exact) mass is 286 g/mol. The Hall–Kier alpha value is -3.06. The minimum absolute atomic E-state index is 0.216. The topological polar surface area (TPSA) is 106 Å². The van der Waals surface area contributed by atoms with Crippen LogP contribution in [0.1, 0.15) is 5.56 Å². The summed E-state index contributed by atoms with van der Waals surface area (Å²) in [4.78, 5) is 24.4. The molecule has 7 heteroatoms. The van der Waals surface area contributed by atoms with Crippen LogP contribution in [0.15, 0.2) is 30.3 Å². The normalized spacial score (nSPS) is 10.6. The SMILES string of the molecule is CN(C#N)C(=O)C(Cc1ccccc1)NC(=O)OCC#N. The summed E-state index contributed by atoms with van der Waals surface area (Å²) in [6.07, 6.45) is 1.02. The molecule has 1 aromatic rings. The van der Waals surface area contributed by atoms with Crippen LogP contribution in [0.25, 0.3) is 0 Å². The van der Waals surface area contributed by atoms with Gasteiger partial charge in [-0.1, -0.05) is 30.3 Å². The molecule has 1 N–H and O–H groups in total. The lowest BCUT2D eigenvalue weighted by molar-refractivity contribution is -0.129. The van der Waals surface area contributed by atoms with E-state index < -0.39 is 24.6 Å². The first-order valence-corrected chi connectivity index (χ1v) is 6.10. The van der Waals surface area contributed by atoms with Crippen molar-refractivity contribution in [2.24, 2.45) is 0 Å². The second-order valence-corrected chi connectivity index (χ2v) is 4.12. The Kier molecular flexibility index (Phi) is 6.23. The van der Waals surface area contributed by atoms with Gasteiger partial charge in [-0.3, -0.25) is 9.69 Å². The summed E-state index contributed by atoms with van der Waals surface area (Å²) in [5.74, 6) is -0.560. The van der Waals surface area contributed by atoms with Crippen molar-refractivity contribution in [2.45, 2.75) is 12.5 Å². The second-order valence-electron chi connectivity index (χ2n) is 4.12. The Morgan fingerprint density at radius 2 is 2.00 bits per heavy atom. The fraction of sp³-hybridized carbons (Fsp3) is 0.286. The van der Waals surface area contributed by atoms with Gasteiger partial charge in [-0.2, -0.15) is 10.5 Å². The molecule has 21 heavy (non-hydrogen) atoms. The Bertz CT molecular complexity index is 574. The summed E-state index contributed by atoms with van der Waals surface area (Å²) in [5.41, 5.74) is 0.822. The molecular weight excluding hydrogens is 272 g/mol. The van der Waals surface area contributed by atoms with Gasteiger partial charge in [0.2, 0.25) is 0 Å². The van der Waals surface area contributed by atoms with Crippen molar-refractivity contribution in [1.82, 2.24) is 10.2 Å². The molecule has 0 aliphatic carbocycles. The maximum Gasteiger partial charge on any atom is 0.408 e. The van der Waals surface area contributed by atoms with E-state index in [-0.39, 0.29) is 6.42 Å². The van der Waals surface area contributed by atoms with Crippen LogP contribution in [0, 0.1) is 22.8 Å². The van der Waals surface area contributed by atoms with Crippen LogP contribution in [-0.2, 0) is 16.0 Å². The fourth-order valence-corrected chi connectivity index (χ4v) is 1.61. The van der Waals surface area contributed by atoms with E-state index >= 15 is 0 Å². The van der Waals surface area contributed by atoms with Crippen molar-refractivity contribution in [3.05, 3.63) is 35.9 Å². The molecule has 1 unspecified atom stereocenters. The number of hydrogen-bond donors (Lipinski definition) is 1. The fourth-order valence-electron chi connectivity index (χ4n) is 1.61. The molecule has 0 aliphatic heterocycles. The lowest BCUT2D eigenvalue weighted by atomic mass is 10.1. The molecule has 0 bridgehead atoms. The van der Waals surface area contributed by atoms with E-state index in [2.05, 4.69) is 10.1 Å². The Balaban J connectivity index is 2.80. The lowest BCUT2D eigenvalue weighted by Gasteiger charge is -2.19. The molecule has 0 spiro atoms. The molecule has 0 aliphatic rings. The number of likely N-dealkylation sites (N-methyl/N-ethyl adjacent to an activating group) is 1. The summed E-state index contributed by atoms with van der Waals surface area (Å²) >= 11 is 0. The summed E-state index contributed by atoms with van der Waals surface area (Å²) in [5, 5.41) is 19.5. The van der Waals surface area contributed by atoms with Gasteiger partial charge in [0.25, 0.3) is 5.91 Å². The number of alkyl carbamates (subject to hydrolysis) is 1. The van der Waals surface area contributed by atoms with Gasteiger partial charge in [0.15, 0.2) is 12.8 Å². The Morgan fingerprint density at radius 3 is 2.57 bits per heavy atom. The molecule has 0 heterocycles. The summed E-state index contributed by atoms with van der Waals surface area (Å²) in [7, 11) is 1.31. The number of rotatable bonds is 5. The molecule has 0 saturated carbocycles. The number of amides is 2. The predicted octanol–water partition coefficient (Wildman–Crippen LogP) is 0.787. The average Bonchev–Trinajstić information content (AvgIpc) is 2.51. The largest absolute Gasteiger partial charge is 0.434 e. The van der Waals surface area contributed by atoms with Crippen molar-refractivity contribution in [2.75, 3.05) is 13.7 Å². The minimum atomic E-state index is -0.941. The highest BCUT2D eigenvalue weighted by molar-refractivity contribution is 5.86. The molecule has 1 atom stereocenters.